The minimum Gasteiger partial charge on any atom is -0.436 e. The van der Waals surface area contributed by atoms with E-state index >= 15 is 0 Å². The molecule has 0 aliphatic carbocycles. The maximum atomic E-state index is 14.3. The average Bonchev–Trinajstić information content (AvgIpc) is 3.65. The number of likely N-dealkylation sites (tertiary alicyclic amines) is 1. The van der Waals surface area contributed by atoms with Gasteiger partial charge in [0.25, 0.3) is 6.35 Å². The van der Waals surface area contributed by atoms with Crippen molar-refractivity contribution in [2.75, 3.05) is 24.8 Å². The van der Waals surface area contributed by atoms with E-state index in [2.05, 4.69) is 25.0 Å². The Labute approximate surface area is 203 Å². The van der Waals surface area contributed by atoms with Gasteiger partial charge in [-0.1, -0.05) is 0 Å². The quantitative estimate of drug-likeness (QED) is 0.310. The van der Waals surface area contributed by atoms with E-state index in [1.165, 1.54) is 12.5 Å². The van der Waals surface area contributed by atoms with Crippen molar-refractivity contribution in [3.05, 3.63) is 49.3 Å². The van der Waals surface area contributed by atoms with E-state index in [1.54, 1.807) is 35.4 Å². The number of rotatable bonds is 7. The summed E-state index contributed by atoms with van der Waals surface area (Å²) in [6.07, 6.45) is 7.85. The number of hydrogen-bond acceptors (Lipinski definition) is 9. The molecule has 1 saturated heterocycles. The van der Waals surface area contributed by atoms with E-state index in [9.17, 15) is 18.7 Å². The summed E-state index contributed by atoms with van der Waals surface area (Å²) in [6.45, 7) is 0.239. The normalized spacial score (nSPS) is 21.1. The number of aromatic nitrogens is 6. The molecule has 6 heterocycles. The fraction of sp³-hybridized carbons (Fsp3) is 0.333. The Morgan fingerprint density at radius 2 is 2.19 bits per heavy atom. The smallest absolute Gasteiger partial charge is 0.436 e. The molecule has 2 aliphatic rings. The topological polar surface area (TPSA) is 155 Å². The Bertz CT molecular complexity index is 1440. The monoisotopic (exact) mass is 516 g/mol. The van der Waals surface area contributed by atoms with Gasteiger partial charge in [0.1, 0.15) is 24.3 Å². The van der Waals surface area contributed by atoms with E-state index in [0.29, 0.717) is 36.5 Å². The molecule has 3 atom stereocenters. The molecule has 36 heavy (non-hydrogen) atoms. The lowest BCUT2D eigenvalue weighted by atomic mass is 10.0. The molecule has 0 saturated carbocycles. The highest BCUT2D eigenvalue weighted by atomic mass is 31.2. The van der Waals surface area contributed by atoms with E-state index in [4.69, 9.17) is 9.36 Å². The Balaban J connectivity index is 1.22. The summed E-state index contributed by atoms with van der Waals surface area (Å²) in [5, 5.41) is 6.30. The molecule has 0 radical (unpaired) electrons. The zero-order valence-electron chi connectivity index (χ0n) is 18.8. The van der Waals surface area contributed by atoms with Gasteiger partial charge in [0.15, 0.2) is 0 Å². The SMILES string of the molecule is O=P(O)(O)ON1c2cccnc2OC1N1CC[C@H](C(CF)n2cc(-c3ncnc4[nH]ccc34)cn2)C1. The molecule has 2 aliphatic heterocycles. The van der Waals surface area contributed by atoms with Crippen LogP contribution in [0.2, 0.25) is 0 Å². The van der Waals surface area contributed by atoms with Crippen molar-refractivity contribution in [3.8, 4) is 17.1 Å². The van der Waals surface area contributed by atoms with Crippen LogP contribution in [0.1, 0.15) is 12.5 Å². The summed E-state index contributed by atoms with van der Waals surface area (Å²) in [6, 6.07) is 4.53. The number of H-pyrrole nitrogens is 1. The molecule has 4 aromatic heterocycles. The lowest BCUT2D eigenvalue weighted by Crippen LogP contribution is -2.48. The van der Waals surface area contributed by atoms with Gasteiger partial charge in [-0.25, -0.2) is 28.8 Å². The third-order valence-electron chi connectivity index (χ3n) is 6.44. The first kappa shape index (κ1) is 23.0. The first-order valence-electron chi connectivity index (χ1n) is 11.2. The largest absolute Gasteiger partial charge is 0.491 e. The number of halogens is 1. The molecule has 3 N–H and O–H groups in total. The number of alkyl halides is 1. The fourth-order valence-corrected chi connectivity index (χ4v) is 5.21. The predicted octanol–water partition coefficient (Wildman–Crippen LogP) is 2.26. The van der Waals surface area contributed by atoms with Crippen LogP contribution in [-0.2, 0) is 9.19 Å². The molecule has 0 amide bonds. The van der Waals surface area contributed by atoms with Crippen LogP contribution in [0.4, 0.5) is 10.1 Å². The van der Waals surface area contributed by atoms with Crippen molar-refractivity contribution in [2.45, 2.75) is 18.8 Å². The van der Waals surface area contributed by atoms with Gasteiger partial charge in [-0.2, -0.15) is 14.8 Å². The minimum absolute atomic E-state index is 0.141. The first-order chi connectivity index (χ1) is 17.4. The molecular formula is C21H22FN8O5P. The van der Waals surface area contributed by atoms with Crippen LogP contribution in [0.25, 0.3) is 22.3 Å². The van der Waals surface area contributed by atoms with Gasteiger partial charge in [-0.15, -0.1) is 0 Å². The van der Waals surface area contributed by atoms with Crippen molar-refractivity contribution in [1.82, 2.24) is 34.6 Å². The Morgan fingerprint density at radius 1 is 1.31 bits per heavy atom. The molecule has 0 aromatic carbocycles. The van der Waals surface area contributed by atoms with Crippen LogP contribution in [-0.4, -0.2) is 70.5 Å². The van der Waals surface area contributed by atoms with Crippen LogP contribution in [0.3, 0.4) is 0 Å². The number of ether oxygens (including phenoxy) is 1. The summed E-state index contributed by atoms with van der Waals surface area (Å²) in [5.74, 6) is 0.0525. The Morgan fingerprint density at radius 3 is 3.03 bits per heavy atom. The summed E-state index contributed by atoms with van der Waals surface area (Å²) >= 11 is 0. The zero-order valence-corrected chi connectivity index (χ0v) is 19.6. The Kier molecular flexibility index (Phi) is 5.69. The second kappa shape index (κ2) is 8.91. The zero-order chi connectivity index (χ0) is 24.9. The van der Waals surface area contributed by atoms with E-state index in [-0.39, 0.29) is 11.8 Å². The molecule has 15 heteroatoms. The van der Waals surface area contributed by atoms with E-state index in [1.807, 2.05) is 11.0 Å². The van der Waals surface area contributed by atoms with Crippen LogP contribution in [0.15, 0.2) is 49.3 Å². The highest BCUT2D eigenvalue weighted by molar-refractivity contribution is 7.46. The van der Waals surface area contributed by atoms with Crippen molar-refractivity contribution in [3.63, 3.8) is 0 Å². The molecule has 0 spiro atoms. The van der Waals surface area contributed by atoms with Crippen molar-refractivity contribution >= 4 is 24.5 Å². The third kappa shape index (κ3) is 4.12. The summed E-state index contributed by atoms with van der Waals surface area (Å²) in [4.78, 5) is 36.4. The van der Waals surface area contributed by atoms with Crippen LogP contribution < -0.4 is 9.80 Å². The molecule has 4 aromatic rings. The second-order valence-corrected chi connectivity index (χ2v) is 9.75. The lowest BCUT2D eigenvalue weighted by molar-refractivity contribution is -0.00755. The minimum atomic E-state index is -4.87. The number of nitrogens with one attached hydrogen (secondary N) is 1. The van der Waals surface area contributed by atoms with Gasteiger partial charge >= 0.3 is 7.82 Å². The van der Waals surface area contributed by atoms with Gasteiger partial charge in [-0.3, -0.25) is 4.68 Å². The number of nitrogens with zero attached hydrogens (tertiary/aromatic N) is 7. The number of fused-ring (bicyclic) bond motifs is 2. The highest BCUT2D eigenvalue weighted by Crippen LogP contribution is 2.46. The second-order valence-electron chi connectivity index (χ2n) is 8.61. The molecule has 6 rings (SSSR count). The molecule has 0 bridgehead atoms. The fourth-order valence-electron chi connectivity index (χ4n) is 4.82. The maximum absolute atomic E-state index is 14.3. The number of anilines is 1. The van der Waals surface area contributed by atoms with Gasteiger partial charge < -0.3 is 19.5 Å². The third-order valence-corrected chi connectivity index (χ3v) is 6.83. The van der Waals surface area contributed by atoms with Crippen LogP contribution in [0.5, 0.6) is 5.88 Å². The number of hydrogen-bond donors (Lipinski definition) is 3. The van der Waals surface area contributed by atoms with Crippen molar-refractivity contribution in [1.29, 1.82) is 0 Å². The molecule has 1 fully saturated rings. The highest BCUT2D eigenvalue weighted by Gasteiger charge is 2.44. The maximum Gasteiger partial charge on any atom is 0.491 e. The number of pyridine rings is 1. The van der Waals surface area contributed by atoms with E-state index < -0.39 is 26.9 Å². The van der Waals surface area contributed by atoms with Crippen molar-refractivity contribution in [2.24, 2.45) is 5.92 Å². The lowest BCUT2D eigenvalue weighted by Gasteiger charge is -2.30. The molecule has 2 unspecified atom stereocenters. The predicted molar refractivity (Wildman–Crippen MR) is 124 cm³/mol. The van der Waals surface area contributed by atoms with E-state index in [0.717, 1.165) is 16.0 Å². The average molecular weight is 516 g/mol. The standard InChI is InChI=1S/C21H22FN8O5P/c22-8-17(29-11-14(9-27-29)18-15-3-6-23-19(15)26-12-25-18)13-4-7-28(10-13)21-30(35-36(31,32)33)16-2-1-5-24-20(16)34-21/h1-3,5-6,9,11-13,17,21H,4,7-8,10H2,(H,23,25,26)(H2,31,32,33)/t13-,17?,21?/m0/s1. The molecule has 188 valence electrons. The first-order valence-corrected chi connectivity index (χ1v) is 12.7. The summed E-state index contributed by atoms with van der Waals surface area (Å²) < 4.78 is 38.3. The Hall–Kier alpha value is -3.42. The summed E-state index contributed by atoms with van der Waals surface area (Å²) in [5.41, 5.74) is 2.45. The van der Waals surface area contributed by atoms with Gasteiger partial charge in [0.2, 0.25) is 5.88 Å². The molecule has 13 nitrogen and oxygen atoms in total. The van der Waals surface area contributed by atoms with Crippen molar-refractivity contribution < 1.29 is 28.1 Å². The molecular weight excluding hydrogens is 494 g/mol. The number of hydroxylamine groups is 1. The number of phosphoric acid groups is 1. The van der Waals surface area contributed by atoms with Crippen LogP contribution in [0, 0.1) is 5.92 Å². The van der Waals surface area contributed by atoms with Gasteiger partial charge in [0, 0.05) is 42.6 Å². The van der Waals surface area contributed by atoms with Gasteiger partial charge in [0.05, 0.1) is 17.9 Å². The number of aromatic amines is 1. The van der Waals surface area contributed by atoms with Gasteiger partial charge in [-0.05, 0) is 30.5 Å². The van der Waals surface area contributed by atoms with Crippen LogP contribution >= 0.6 is 7.82 Å². The summed E-state index contributed by atoms with van der Waals surface area (Å²) in [7, 11) is -4.87.